The van der Waals surface area contributed by atoms with Crippen LogP contribution in [0.1, 0.15) is 40.5 Å². The predicted molar refractivity (Wildman–Crippen MR) is 65.1 cm³/mol. The van der Waals surface area contributed by atoms with E-state index in [2.05, 4.69) is 25.8 Å². The van der Waals surface area contributed by atoms with Crippen LogP contribution >= 0.6 is 0 Å². The Morgan fingerprint density at radius 3 is 2.07 bits per heavy atom. The van der Waals surface area contributed by atoms with Gasteiger partial charge in [0.15, 0.2) is 0 Å². The summed E-state index contributed by atoms with van der Waals surface area (Å²) in [5.41, 5.74) is 3.07. The van der Waals surface area contributed by atoms with Crippen molar-refractivity contribution in [2.45, 2.75) is 46.1 Å². The van der Waals surface area contributed by atoms with Crippen LogP contribution in [0.5, 0.6) is 0 Å². The lowest BCUT2D eigenvalue weighted by molar-refractivity contribution is -0.0262. The second kappa shape index (κ2) is 5.13. The summed E-state index contributed by atoms with van der Waals surface area (Å²) in [6, 6.07) is 0. The van der Waals surface area contributed by atoms with Gasteiger partial charge in [-0.1, -0.05) is 13.8 Å². The number of rotatable bonds is 0. The zero-order valence-corrected chi connectivity index (χ0v) is 10.9. The van der Waals surface area contributed by atoms with E-state index in [4.69, 9.17) is 4.74 Å². The number of piperidine rings is 1. The van der Waals surface area contributed by atoms with Crippen LogP contribution in [0.4, 0.5) is 0 Å². The van der Waals surface area contributed by atoms with Crippen LogP contribution in [0.15, 0.2) is 11.1 Å². The average Bonchev–Trinajstić information content (AvgIpc) is 2.55. The second-order valence-corrected chi connectivity index (χ2v) is 4.49. The minimum absolute atomic E-state index is 0.122. The molecule has 2 heteroatoms. The Kier molecular flexibility index (Phi) is 4.35. The highest BCUT2D eigenvalue weighted by Gasteiger charge is 2.40. The first-order valence-corrected chi connectivity index (χ1v) is 6.13. The van der Waals surface area contributed by atoms with Crippen molar-refractivity contribution in [1.82, 2.24) is 4.90 Å². The number of nitrogens with zero attached hydrogens (tertiary/aromatic N) is 1. The van der Waals surface area contributed by atoms with Crippen molar-refractivity contribution >= 4 is 0 Å². The molecule has 1 spiro atoms. The van der Waals surface area contributed by atoms with Gasteiger partial charge in [0.05, 0.1) is 12.2 Å². The van der Waals surface area contributed by atoms with E-state index in [1.807, 2.05) is 13.8 Å². The monoisotopic (exact) mass is 211 g/mol. The molecule has 0 aromatic carbocycles. The van der Waals surface area contributed by atoms with Gasteiger partial charge in [-0.05, 0) is 44.9 Å². The van der Waals surface area contributed by atoms with Gasteiger partial charge >= 0.3 is 0 Å². The maximum Gasteiger partial charge on any atom is 0.0920 e. The average molecular weight is 211 g/mol. The van der Waals surface area contributed by atoms with E-state index in [1.165, 1.54) is 37.1 Å². The lowest BCUT2D eigenvalue weighted by Crippen LogP contribution is -2.43. The molecule has 0 aromatic rings. The van der Waals surface area contributed by atoms with Crippen LogP contribution in [0.2, 0.25) is 0 Å². The highest BCUT2D eigenvalue weighted by Crippen LogP contribution is 2.39. The van der Waals surface area contributed by atoms with Crippen molar-refractivity contribution < 1.29 is 4.74 Å². The normalized spacial score (nSPS) is 25.4. The van der Waals surface area contributed by atoms with Crippen LogP contribution < -0.4 is 0 Å². The van der Waals surface area contributed by atoms with Crippen molar-refractivity contribution in [1.29, 1.82) is 0 Å². The van der Waals surface area contributed by atoms with E-state index >= 15 is 0 Å². The third-order valence-electron chi connectivity index (χ3n) is 3.68. The summed E-state index contributed by atoms with van der Waals surface area (Å²) in [7, 11) is 2.19. The molecule has 1 fully saturated rings. The number of hydrogen-bond acceptors (Lipinski definition) is 2. The van der Waals surface area contributed by atoms with Crippen molar-refractivity contribution in [2.75, 3.05) is 26.7 Å². The summed E-state index contributed by atoms with van der Waals surface area (Å²) in [6.45, 7) is 11.6. The standard InChI is InChI=1S/C11H19NO.C2H6/c1-9-8-13-11(10(9)2)4-6-12(3)7-5-11;1-2/h4-8H2,1-3H3;1-2H3. The van der Waals surface area contributed by atoms with Crippen LogP contribution in [-0.2, 0) is 4.74 Å². The molecule has 0 aliphatic carbocycles. The van der Waals surface area contributed by atoms with Crippen LogP contribution in [0, 0.1) is 0 Å². The maximum absolute atomic E-state index is 5.95. The number of likely N-dealkylation sites (tertiary alicyclic amines) is 1. The SMILES string of the molecule is CC.CC1=C(C)C2(CCN(C)CC2)OC1. The molecule has 0 radical (unpaired) electrons. The summed E-state index contributed by atoms with van der Waals surface area (Å²) < 4.78 is 5.95. The van der Waals surface area contributed by atoms with Gasteiger partial charge in [-0.2, -0.15) is 0 Å². The second-order valence-electron chi connectivity index (χ2n) is 4.49. The zero-order chi connectivity index (χ0) is 11.5. The van der Waals surface area contributed by atoms with Gasteiger partial charge in [-0.3, -0.25) is 0 Å². The third kappa shape index (κ3) is 2.43. The van der Waals surface area contributed by atoms with Crippen LogP contribution in [0.25, 0.3) is 0 Å². The largest absolute Gasteiger partial charge is 0.366 e. The highest BCUT2D eigenvalue weighted by molar-refractivity contribution is 5.27. The van der Waals surface area contributed by atoms with E-state index in [1.54, 1.807) is 0 Å². The lowest BCUT2D eigenvalue weighted by atomic mass is 9.84. The molecule has 0 N–H and O–H groups in total. The Morgan fingerprint density at radius 1 is 1.13 bits per heavy atom. The van der Waals surface area contributed by atoms with Gasteiger partial charge in [0.1, 0.15) is 0 Å². The Hall–Kier alpha value is -0.340. The number of ether oxygens (including phenoxy) is 1. The van der Waals surface area contributed by atoms with Gasteiger partial charge in [0.2, 0.25) is 0 Å². The molecule has 2 rings (SSSR count). The first-order chi connectivity index (χ1) is 7.14. The summed E-state index contributed by atoms with van der Waals surface area (Å²) in [4.78, 5) is 2.38. The van der Waals surface area contributed by atoms with E-state index in [-0.39, 0.29) is 5.60 Å². The van der Waals surface area contributed by atoms with Crippen molar-refractivity contribution in [3.8, 4) is 0 Å². The Labute approximate surface area is 94.3 Å². The molecule has 2 aliphatic rings. The van der Waals surface area contributed by atoms with Crippen molar-refractivity contribution in [2.24, 2.45) is 0 Å². The lowest BCUT2D eigenvalue weighted by Gasteiger charge is -2.38. The molecular formula is C13H25NO. The zero-order valence-electron chi connectivity index (χ0n) is 10.9. The molecule has 2 heterocycles. The van der Waals surface area contributed by atoms with E-state index in [0.29, 0.717) is 0 Å². The maximum atomic E-state index is 5.95. The molecule has 0 unspecified atom stereocenters. The van der Waals surface area contributed by atoms with Gasteiger partial charge < -0.3 is 9.64 Å². The Balaban J connectivity index is 0.000000531. The van der Waals surface area contributed by atoms with Crippen molar-refractivity contribution in [3.63, 3.8) is 0 Å². The fourth-order valence-electron chi connectivity index (χ4n) is 2.35. The van der Waals surface area contributed by atoms with E-state index in [0.717, 1.165) is 6.61 Å². The molecule has 15 heavy (non-hydrogen) atoms. The molecule has 0 atom stereocenters. The summed E-state index contributed by atoms with van der Waals surface area (Å²) in [6.07, 6.45) is 2.35. The minimum Gasteiger partial charge on any atom is -0.366 e. The summed E-state index contributed by atoms with van der Waals surface area (Å²) in [5.74, 6) is 0. The molecule has 0 saturated carbocycles. The third-order valence-corrected chi connectivity index (χ3v) is 3.68. The first kappa shape index (κ1) is 12.7. The molecule has 88 valence electrons. The summed E-state index contributed by atoms with van der Waals surface area (Å²) in [5, 5.41) is 0. The minimum atomic E-state index is 0.122. The quantitative estimate of drug-likeness (QED) is 0.571. The Morgan fingerprint density at radius 2 is 1.67 bits per heavy atom. The molecule has 2 aliphatic heterocycles. The Bertz CT molecular complexity index is 237. The van der Waals surface area contributed by atoms with E-state index in [9.17, 15) is 0 Å². The van der Waals surface area contributed by atoms with Crippen LogP contribution in [-0.4, -0.2) is 37.2 Å². The topological polar surface area (TPSA) is 12.5 Å². The fourth-order valence-corrected chi connectivity index (χ4v) is 2.35. The molecule has 2 nitrogen and oxygen atoms in total. The van der Waals surface area contributed by atoms with Gasteiger partial charge in [-0.15, -0.1) is 0 Å². The van der Waals surface area contributed by atoms with E-state index < -0.39 is 0 Å². The molecule has 1 saturated heterocycles. The highest BCUT2D eigenvalue weighted by atomic mass is 16.5. The van der Waals surface area contributed by atoms with Crippen LogP contribution in [0.3, 0.4) is 0 Å². The van der Waals surface area contributed by atoms with Gasteiger partial charge in [0, 0.05) is 13.1 Å². The first-order valence-electron chi connectivity index (χ1n) is 6.13. The summed E-state index contributed by atoms with van der Waals surface area (Å²) >= 11 is 0. The van der Waals surface area contributed by atoms with Gasteiger partial charge in [0.25, 0.3) is 0 Å². The molecule has 0 aromatic heterocycles. The number of hydrogen-bond donors (Lipinski definition) is 0. The molecule has 0 amide bonds. The van der Waals surface area contributed by atoms with Gasteiger partial charge in [-0.25, -0.2) is 0 Å². The fraction of sp³-hybridized carbons (Fsp3) is 0.846. The van der Waals surface area contributed by atoms with Crippen molar-refractivity contribution in [3.05, 3.63) is 11.1 Å². The smallest absolute Gasteiger partial charge is 0.0920 e. The predicted octanol–water partition coefficient (Wildman–Crippen LogP) is 2.84. The molecule has 0 bridgehead atoms. The molecular weight excluding hydrogens is 186 g/mol.